The van der Waals surface area contributed by atoms with Crippen molar-refractivity contribution in [2.45, 2.75) is 5.41 Å². The fraction of sp³-hybridized carbons (Fsp3) is 0.0172. The van der Waals surface area contributed by atoms with Crippen LogP contribution in [-0.4, -0.2) is 14.7 Å². The topological polar surface area (TPSA) is 38.1 Å². The van der Waals surface area contributed by atoms with Crippen molar-refractivity contribution in [3.63, 3.8) is 0 Å². The van der Waals surface area contributed by atoms with Crippen LogP contribution in [0.1, 0.15) is 22.4 Å². The van der Waals surface area contributed by atoms with Crippen molar-refractivity contribution in [2.24, 2.45) is 0 Å². The quantitative estimate of drug-likeness (QED) is 0.181. The van der Waals surface area contributed by atoms with Crippen LogP contribution in [0.5, 0.6) is 5.75 Å². The highest BCUT2D eigenvalue weighted by Crippen LogP contribution is 2.64. The van der Waals surface area contributed by atoms with Crippen molar-refractivity contribution in [1.29, 1.82) is 0 Å². The number of rotatable bonds is 6. The Morgan fingerprint density at radius 1 is 0.397 bits per heavy atom. The Balaban J connectivity index is 1.11. The molecule has 5 heteroatoms. The van der Waals surface area contributed by atoms with Gasteiger partial charge in [-0.15, -0.1) is 22.7 Å². The van der Waals surface area contributed by atoms with E-state index in [0.717, 1.165) is 33.4 Å². The molecule has 3 nitrogen and oxygen atoms in total. The number of aromatic nitrogens is 2. The number of imidazole rings is 1. The summed E-state index contributed by atoms with van der Waals surface area (Å²) >= 11 is 3.66. The largest absolute Gasteiger partial charge is 0.507 e. The number of benzene rings is 8. The fourth-order valence-corrected chi connectivity index (χ4v) is 12.2. The average molecular weight is 841 g/mol. The summed E-state index contributed by atoms with van der Waals surface area (Å²) in [6.07, 6.45) is 0. The van der Waals surface area contributed by atoms with E-state index in [9.17, 15) is 5.11 Å². The standard InChI is InChI=1S/C58H36N2OS2/c61-50-35-39-19-11-10-18-38(39)32-46(50)57-59-55-45-22-12-13-23-47(45)58(56(55)60(57)42-20-8-3-9-21-42)48-33-40(53-30-28-51(62-53)36-14-4-1-5-15-36)24-26-43(48)44-27-25-41(34-49(44)58)54-31-29-52(63-54)37-16-6-2-7-17-37/h1-35,61H. The van der Waals surface area contributed by atoms with Gasteiger partial charge in [0.1, 0.15) is 11.6 Å². The molecule has 0 bridgehead atoms. The summed E-state index contributed by atoms with van der Waals surface area (Å²) in [5.41, 5.74) is 15.0. The molecule has 1 spiro atoms. The second-order valence-electron chi connectivity index (χ2n) is 16.4. The highest BCUT2D eigenvalue weighted by Gasteiger charge is 2.55. The minimum Gasteiger partial charge on any atom is -0.507 e. The zero-order chi connectivity index (χ0) is 41.6. The van der Waals surface area contributed by atoms with Crippen molar-refractivity contribution < 1.29 is 5.11 Å². The Morgan fingerprint density at radius 2 is 0.889 bits per heavy atom. The molecule has 0 saturated carbocycles. The molecular formula is C58H36N2OS2. The molecule has 0 amide bonds. The number of fused-ring (bicyclic) bond motifs is 11. The van der Waals surface area contributed by atoms with Gasteiger partial charge in [0.15, 0.2) is 0 Å². The molecule has 0 saturated heterocycles. The molecule has 2 aliphatic carbocycles. The van der Waals surface area contributed by atoms with Crippen LogP contribution in [0.2, 0.25) is 0 Å². The van der Waals surface area contributed by atoms with Gasteiger partial charge in [-0.1, -0.05) is 152 Å². The summed E-state index contributed by atoms with van der Waals surface area (Å²) in [5.74, 6) is 0.912. The van der Waals surface area contributed by atoms with E-state index in [1.165, 1.54) is 69.6 Å². The Hall–Kier alpha value is -7.57. The van der Waals surface area contributed by atoms with Crippen LogP contribution in [0, 0.1) is 0 Å². The van der Waals surface area contributed by atoms with Crippen LogP contribution in [0.25, 0.3) is 92.0 Å². The fourth-order valence-electron chi connectivity index (χ4n) is 10.2. The van der Waals surface area contributed by atoms with Gasteiger partial charge in [-0.05, 0) is 122 Å². The zero-order valence-electron chi connectivity index (χ0n) is 33.9. The number of thiophene rings is 2. The normalized spacial score (nSPS) is 13.0. The molecule has 2 aliphatic rings. The minimum atomic E-state index is -0.755. The predicted molar refractivity (Wildman–Crippen MR) is 262 cm³/mol. The van der Waals surface area contributed by atoms with Crippen LogP contribution in [0.15, 0.2) is 212 Å². The average Bonchev–Trinajstić information content (AvgIpc) is 4.19. The first-order valence-corrected chi connectivity index (χ1v) is 22.9. The van der Waals surface area contributed by atoms with E-state index in [-0.39, 0.29) is 5.75 Å². The maximum Gasteiger partial charge on any atom is 0.149 e. The van der Waals surface area contributed by atoms with Crippen molar-refractivity contribution in [1.82, 2.24) is 9.55 Å². The molecule has 3 heterocycles. The highest BCUT2D eigenvalue weighted by molar-refractivity contribution is 7.19. The van der Waals surface area contributed by atoms with Gasteiger partial charge < -0.3 is 5.11 Å². The maximum atomic E-state index is 11.9. The third-order valence-electron chi connectivity index (χ3n) is 13.0. The second kappa shape index (κ2) is 14.0. The summed E-state index contributed by atoms with van der Waals surface area (Å²) < 4.78 is 2.34. The van der Waals surface area contributed by atoms with Gasteiger partial charge >= 0.3 is 0 Å². The smallest absolute Gasteiger partial charge is 0.149 e. The van der Waals surface area contributed by atoms with Gasteiger partial charge in [-0.3, -0.25) is 4.57 Å². The van der Waals surface area contributed by atoms with Gasteiger partial charge in [-0.2, -0.15) is 0 Å². The van der Waals surface area contributed by atoms with E-state index in [1.54, 1.807) is 0 Å². The lowest BCUT2D eigenvalue weighted by Gasteiger charge is -2.32. The molecule has 0 radical (unpaired) electrons. The zero-order valence-corrected chi connectivity index (χ0v) is 35.5. The Bertz CT molecular complexity index is 3450. The lowest BCUT2D eigenvalue weighted by molar-refractivity contribution is 0.477. The molecule has 1 N–H and O–H groups in total. The molecule has 63 heavy (non-hydrogen) atoms. The molecule has 0 atom stereocenters. The molecular weight excluding hydrogens is 805 g/mol. The molecule has 13 rings (SSSR count). The van der Waals surface area contributed by atoms with Gasteiger partial charge in [0.2, 0.25) is 0 Å². The molecule has 3 aromatic heterocycles. The molecule has 0 unspecified atom stereocenters. The van der Waals surface area contributed by atoms with Crippen molar-refractivity contribution >= 4 is 33.4 Å². The van der Waals surface area contributed by atoms with Crippen LogP contribution < -0.4 is 0 Å². The Morgan fingerprint density at radius 3 is 1.48 bits per heavy atom. The van der Waals surface area contributed by atoms with Crippen LogP contribution in [-0.2, 0) is 5.41 Å². The van der Waals surface area contributed by atoms with E-state index in [4.69, 9.17) is 4.98 Å². The number of nitrogens with zero attached hydrogens (tertiary/aromatic N) is 2. The van der Waals surface area contributed by atoms with Gasteiger partial charge in [0.05, 0.1) is 22.4 Å². The van der Waals surface area contributed by atoms with Gasteiger partial charge in [0, 0.05) is 30.8 Å². The number of hydrogen-bond donors (Lipinski definition) is 1. The van der Waals surface area contributed by atoms with E-state index < -0.39 is 5.41 Å². The van der Waals surface area contributed by atoms with Crippen molar-refractivity contribution in [3.8, 4) is 87.0 Å². The number of phenolic OH excluding ortho intramolecular Hbond substituents is 1. The predicted octanol–water partition coefficient (Wildman–Crippen LogP) is 15.5. The summed E-state index contributed by atoms with van der Waals surface area (Å²) in [5, 5.41) is 14.0. The number of aromatic hydroxyl groups is 1. The van der Waals surface area contributed by atoms with E-state index >= 15 is 0 Å². The number of para-hydroxylation sites is 1. The minimum absolute atomic E-state index is 0.201. The second-order valence-corrected chi connectivity index (χ2v) is 18.6. The van der Waals surface area contributed by atoms with E-state index in [1.807, 2.05) is 46.9 Å². The molecule has 296 valence electrons. The monoisotopic (exact) mass is 840 g/mol. The lowest BCUT2D eigenvalue weighted by atomic mass is 9.72. The van der Waals surface area contributed by atoms with Crippen molar-refractivity contribution in [3.05, 3.63) is 235 Å². The van der Waals surface area contributed by atoms with Crippen LogP contribution in [0.3, 0.4) is 0 Å². The Labute approximate surface area is 373 Å². The number of phenols is 1. The summed E-state index contributed by atoms with van der Waals surface area (Å²) in [7, 11) is 0. The number of hydrogen-bond acceptors (Lipinski definition) is 4. The van der Waals surface area contributed by atoms with E-state index in [0.29, 0.717) is 11.4 Å². The lowest BCUT2D eigenvalue weighted by Crippen LogP contribution is -2.29. The first-order chi connectivity index (χ1) is 31.1. The summed E-state index contributed by atoms with van der Waals surface area (Å²) in [4.78, 5) is 10.6. The first-order valence-electron chi connectivity index (χ1n) is 21.2. The maximum absolute atomic E-state index is 11.9. The van der Waals surface area contributed by atoms with Gasteiger partial charge in [0.25, 0.3) is 0 Å². The van der Waals surface area contributed by atoms with Crippen LogP contribution in [0.4, 0.5) is 0 Å². The first kappa shape index (κ1) is 36.1. The van der Waals surface area contributed by atoms with Gasteiger partial charge in [-0.25, -0.2) is 4.98 Å². The third-order valence-corrected chi connectivity index (χ3v) is 15.3. The highest BCUT2D eigenvalue weighted by atomic mass is 32.1. The third kappa shape index (κ3) is 5.40. The van der Waals surface area contributed by atoms with E-state index in [2.05, 4.69) is 193 Å². The molecule has 11 aromatic rings. The van der Waals surface area contributed by atoms with Crippen molar-refractivity contribution in [2.75, 3.05) is 0 Å². The molecule has 0 fully saturated rings. The summed E-state index contributed by atoms with van der Waals surface area (Å²) in [6, 6.07) is 76.2. The van der Waals surface area contributed by atoms with Crippen LogP contribution >= 0.6 is 22.7 Å². The molecule has 0 aliphatic heterocycles. The SMILES string of the molecule is Oc1cc2ccccc2cc1-c1nc2c(n1-c1ccccc1)C1(c3cc(-c4ccc(-c5ccccc5)s4)ccc3-c3ccc(-c4ccc(-c5ccccc5)s4)cc31)c1ccccc1-2. The Kier molecular flexibility index (Phi) is 8.01. The molecule has 8 aromatic carbocycles. The summed E-state index contributed by atoms with van der Waals surface area (Å²) in [6.45, 7) is 0.